The van der Waals surface area contributed by atoms with Gasteiger partial charge in [0.15, 0.2) is 0 Å². The van der Waals surface area contributed by atoms with E-state index in [2.05, 4.69) is 12.2 Å². The lowest BCUT2D eigenvalue weighted by molar-refractivity contribution is -0.188. The molecule has 0 saturated heterocycles. The lowest BCUT2D eigenvalue weighted by Crippen LogP contribution is -2.44. The molecule has 90 valence electrons. The SMILES string of the molecule is CN[C@]1(C)CC[C@H](OCC(F)(F)F)CC1. The Balaban J connectivity index is 2.26. The lowest BCUT2D eigenvalue weighted by Gasteiger charge is -2.37. The Morgan fingerprint density at radius 1 is 1.33 bits per heavy atom. The predicted molar refractivity (Wildman–Crippen MR) is 51.7 cm³/mol. The van der Waals surface area contributed by atoms with Gasteiger partial charge in [0.05, 0.1) is 6.10 Å². The third-order valence-electron chi connectivity index (χ3n) is 3.12. The minimum absolute atomic E-state index is 0.0676. The van der Waals surface area contributed by atoms with Crippen LogP contribution in [0, 0.1) is 0 Å². The first-order chi connectivity index (χ1) is 6.85. The maximum absolute atomic E-state index is 11.9. The van der Waals surface area contributed by atoms with Crippen LogP contribution >= 0.6 is 0 Å². The van der Waals surface area contributed by atoms with Crippen LogP contribution in [-0.2, 0) is 4.74 Å². The van der Waals surface area contributed by atoms with Crippen LogP contribution in [-0.4, -0.2) is 31.5 Å². The summed E-state index contributed by atoms with van der Waals surface area (Å²) < 4.78 is 40.5. The highest BCUT2D eigenvalue weighted by Crippen LogP contribution is 2.30. The number of hydrogen-bond donors (Lipinski definition) is 1. The van der Waals surface area contributed by atoms with E-state index >= 15 is 0 Å². The van der Waals surface area contributed by atoms with Gasteiger partial charge in [0, 0.05) is 5.54 Å². The van der Waals surface area contributed by atoms with E-state index < -0.39 is 12.8 Å². The van der Waals surface area contributed by atoms with Gasteiger partial charge in [0.2, 0.25) is 0 Å². The smallest absolute Gasteiger partial charge is 0.369 e. The van der Waals surface area contributed by atoms with Crippen LogP contribution in [0.2, 0.25) is 0 Å². The Hall–Kier alpha value is -0.290. The second-order valence-corrected chi connectivity index (χ2v) is 4.44. The summed E-state index contributed by atoms with van der Waals surface area (Å²) in [5.74, 6) is 0. The van der Waals surface area contributed by atoms with Crippen molar-refractivity contribution in [2.75, 3.05) is 13.7 Å². The van der Waals surface area contributed by atoms with Gasteiger partial charge in [-0.2, -0.15) is 13.2 Å². The van der Waals surface area contributed by atoms with Crippen molar-refractivity contribution in [1.82, 2.24) is 5.32 Å². The fraction of sp³-hybridized carbons (Fsp3) is 1.00. The van der Waals surface area contributed by atoms with Crippen molar-refractivity contribution < 1.29 is 17.9 Å². The molecule has 1 rings (SSSR count). The minimum Gasteiger partial charge on any atom is -0.369 e. The van der Waals surface area contributed by atoms with Crippen LogP contribution in [0.5, 0.6) is 0 Å². The molecule has 0 bridgehead atoms. The molecule has 0 spiro atoms. The van der Waals surface area contributed by atoms with Crippen LogP contribution in [0.3, 0.4) is 0 Å². The molecule has 0 atom stereocenters. The number of alkyl halides is 3. The number of rotatable bonds is 3. The van der Waals surface area contributed by atoms with Crippen molar-refractivity contribution in [3.63, 3.8) is 0 Å². The first-order valence-electron chi connectivity index (χ1n) is 5.22. The van der Waals surface area contributed by atoms with E-state index in [0.717, 1.165) is 12.8 Å². The van der Waals surface area contributed by atoms with Crippen molar-refractivity contribution in [3.8, 4) is 0 Å². The first-order valence-corrected chi connectivity index (χ1v) is 5.22. The largest absolute Gasteiger partial charge is 0.411 e. The van der Waals surface area contributed by atoms with Crippen molar-refractivity contribution >= 4 is 0 Å². The number of halogens is 3. The van der Waals surface area contributed by atoms with Gasteiger partial charge in [0.1, 0.15) is 6.61 Å². The van der Waals surface area contributed by atoms with Gasteiger partial charge in [0.25, 0.3) is 0 Å². The van der Waals surface area contributed by atoms with E-state index in [-0.39, 0.29) is 11.6 Å². The predicted octanol–water partition coefficient (Wildman–Crippen LogP) is 2.49. The van der Waals surface area contributed by atoms with Gasteiger partial charge in [-0.1, -0.05) is 0 Å². The maximum atomic E-state index is 11.9. The Kier molecular flexibility index (Phi) is 4.00. The molecule has 1 N–H and O–H groups in total. The third-order valence-corrected chi connectivity index (χ3v) is 3.12. The summed E-state index contributed by atoms with van der Waals surface area (Å²) in [6.07, 6.45) is -1.30. The topological polar surface area (TPSA) is 21.3 Å². The molecule has 1 aliphatic rings. The maximum Gasteiger partial charge on any atom is 0.411 e. The molecule has 0 amide bonds. The van der Waals surface area contributed by atoms with Gasteiger partial charge >= 0.3 is 6.18 Å². The molecule has 2 nitrogen and oxygen atoms in total. The van der Waals surface area contributed by atoms with Crippen LogP contribution in [0.1, 0.15) is 32.6 Å². The van der Waals surface area contributed by atoms with E-state index in [0.29, 0.717) is 12.8 Å². The molecule has 1 saturated carbocycles. The summed E-state index contributed by atoms with van der Waals surface area (Å²) >= 11 is 0. The second kappa shape index (κ2) is 4.70. The summed E-state index contributed by atoms with van der Waals surface area (Å²) in [5, 5.41) is 3.20. The standard InChI is InChI=1S/C10H18F3NO/c1-9(14-2)5-3-8(4-6-9)15-7-10(11,12)13/h8,14H,3-7H2,1-2H3/t8-,9+. The molecule has 0 heterocycles. The van der Waals surface area contributed by atoms with Gasteiger partial charge in [-0.3, -0.25) is 0 Å². The number of hydrogen-bond acceptors (Lipinski definition) is 2. The molecule has 0 radical (unpaired) electrons. The summed E-state index contributed by atoms with van der Waals surface area (Å²) in [6, 6.07) is 0. The quantitative estimate of drug-likeness (QED) is 0.796. The average Bonchev–Trinajstić information content (AvgIpc) is 2.16. The summed E-state index contributed by atoms with van der Waals surface area (Å²) in [4.78, 5) is 0. The first kappa shape index (κ1) is 12.8. The number of nitrogens with one attached hydrogen (secondary N) is 1. The Morgan fingerprint density at radius 3 is 2.27 bits per heavy atom. The average molecular weight is 225 g/mol. The Morgan fingerprint density at radius 2 is 1.87 bits per heavy atom. The van der Waals surface area contributed by atoms with Crippen LogP contribution in [0.4, 0.5) is 13.2 Å². The highest BCUT2D eigenvalue weighted by Gasteiger charge is 2.33. The summed E-state index contributed by atoms with van der Waals surface area (Å²) in [5.41, 5.74) is 0.0676. The monoisotopic (exact) mass is 225 g/mol. The third kappa shape index (κ3) is 4.38. The molecule has 5 heteroatoms. The normalized spacial score (nSPS) is 33.0. The summed E-state index contributed by atoms with van der Waals surface area (Å²) in [7, 11) is 1.89. The van der Waals surface area contributed by atoms with Crippen LogP contribution in [0.25, 0.3) is 0 Å². The van der Waals surface area contributed by atoms with E-state index in [1.165, 1.54) is 0 Å². The molecular formula is C10H18F3NO. The van der Waals surface area contributed by atoms with Gasteiger partial charge in [-0.05, 0) is 39.7 Å². The molecule has 0 aromatic heterocycles. The van der Waals surface area contributed by atoms with Gasteiger partial charge in [-0.25, -0.2) is 0 Å². The Labute approximate surface area is 88.2 Å². The van der Waals surface area contributed by atoms with E-state index in [4.69, 9.17) is 4.74 Å². The van der Waals surface area contributed by atoms with Crippen molar-refractivity contribution in [3.05, 3.63) is 0 Å². The lowest BCUT2D eigenvalue weighted by atomic mass is 9.82. The molecule has 15 heavy (non-hydrogen) atoms. The molecule has 1 fully saturated rings. The molecule has 0 unspecified atom stereocenters. The summed E-state index contributed by atoms with van der Waals surface area (Å²) in [6.45, 7) is 0.973. The number of ether oxygens (including phenoxy) is 1. The Bertz CT molecular complexity index is 197. The van der Waals surface area contributed by atoms with E-state index in [1.54, 1.807) is 0 Å². The van der Waals surface area contributed by atoms with Crippen molar-refractivity contribution in [2.24, 2.45) is 0 Å². The van der Waals surface area contributed by atoms with Crippen LogP contribution in [0.15, 0.2) is 0 Å². The zero-order valence-corrected chi connectivity index (χ0v) is 9.16. The van der Waals surface area contributed by atoms with Gasteiger partial charge < -0.3 is 10.1 Å². The molecule has 0 aromatic carbocycles. The highest BCUT2D eigenvalue weighted by molar-refractivity contribution is 4.88. The fourth-order valence-corrected chi connectivity index (χ4v) is 1.86. The molecular weight excluding hydrogens is 207 g/mol. The zero-order chi connectivity index (χ0) is 11.5. The van der Waals surface area contributed by atoms with Crippen molar-refractivity contribution in [1.29, 1.82) is 0 Å². The second-order valence-electron chi connectivity index (χ2n) is 4.44. The minimum atomic E-state index is -4.20. The van der Waals surface area contributed by atoms with Gasteiger partial charge in [-0.15, -0.1) is 0 Å². The fourth-order valence-electron chi connectivity index (χ4n) is 1.86. The van der Waals surface area contributed by atoms with Crippen molar-refractivity contribution in [2.45, 2.75) is 50.4 Å². The van der Waals surface area contributed by atoms with E-state index in [1.807, 2.05) is 7.05 Å². The highest BCUT2D eigenvalue weighted by atomic mass is 19.4. The molecule has 0 aliphatic heterocycles. The molecule has 0 aromatic rings. The van der Waals surface area contributed by atoms with Crippen LogP contribution < -0.4 is 5.32 Å². The zero-order valence-electron chi connectivity index (χ0n) is 9.16. The van der Waals surface area contributed by atoms with E-state index in [9.17, 15) is 13.2 Å². The molecule has 1 aliphatic carbocycles.